The molecule has 0 bridgehead atoms. The highest BCUT2D eigenvalue weighted by molar-refractivity contribution is 5.87. The Morgan fingerprint density at radius 1 is 1.11 bits per heavy atom. The Balaban J connectivity index is 1.84. The summed E-state index contributed by atoms with van der Waals surface area (Å²) in [7, 11) is 1.54. The summed E-state index contributed by atoms with van der Waals surface area (Å²) in [5.74, 6) is -0.566. The second-order valence-corrected chi connectivity index (χ2v) is 6.71. The topological polar surface area (TPSA) is 55.4 Å². The smallest absolute Gasteiger partial charge is 0.139 e. The van der Waals surface area contributed by atoms with Crippen LogP contribution in [-0.2, 0) is 27.3 Å². The number of carbonyl (C=O) groups is 2. The molecule has 5 heteroatoms. The fourth-order valence-corrected chi connectivity index (χ4v) is 2.91. The Bertz CT molecular complexity index is 758. The van der Waals surface area contributed by atoms with Gasteiger partial charge in [0.1, 0.15) is 17.4 Å². The van der Waals surface area contributed by atoms with Gasteiger partial charge >= 0.3 is 0 Å². The molecule has 144 valence electrons. The molecule has 0 spiro atoms. The Hall–Kier alpha value is -2.53. The maximum Gasteiger partial charge on any atom is 0.139 e. The summed E-state index contributed by atoms with van der Waals surface area (Å²) >= 11 is 0. The first kappa shape index (κ1) is 20.8. The second-order valence-electron chi connectivity index (χ2n) is 6.71. The first-order valence-electron chi connectivity index (χ1n) is 9.06. The van der Waals surface area contributed by atoms with Crippen molar-refractivity contribution < 1.29 is 18.7 Å². The number of rotatable bonds is 11. The molecule has 27 heavy (non-hydrogen) atoms. The van der Waals surface area contributed by atoms with E-state index in [1.54, 1.807) is 6.07 Å². The number of methoxy groups -OCH3 is 1. The van der Waals surface area contributed by atoms with Crippen LogP contribution in [0.4, 0.5) is 10.1 Å². The van der Waals surface area contributed by atoms with E-state index in [4.69, 9.17) is 4.74 Å². The van der Waals surface area contributed by atoms with E-state index >= 15 is 0 Å². The van der Waals surface area contributed by atoms with Crippen LogP contribution in [0.15, 0.2) is 48.5 Å². The molecule has 0 radical (unpaired) electrons. The molecule has 0 aliphatic heterocycles. The molecule has 0 heterocycles. The zero-order valence-electron chi connectivity index (χ0n) is 15.8. The van der Waals surface area contributed by atoms with E-state index in [2.05, 4.69) is 5.32 Å². The molecule has 0 aromatic heterocycles. The van der Waals surface area contributed by atoms with Gasteiger partial charge in [-0.25, -0.2) is 4.39 Å². The van der Waals surface area contributed by atoms with E-state index < -0.39 is 0 Å². The predicted molar refractivity (Wildman–Crippen MR) is 104 cm³/mol. The summed E-state index contributed by atoms with van der Waals surface area (Å²) in [5.41, 5.74) is 2.87. The van der Waals surface area contributed by atoms with Crippen molar-refractivity contribution in [1.82, 2.24) is 0 Å². The molecule has 0 aliphatic carbocycles. The fraction of sp³-hybridized carbons (Fsp3) is 0.364. The van der Waals surface area contributed by atoms with Crippen molar-refractivity contribution in [3.63, 3.8) is 0 Å². The van der Waals surface area contributed by atoms with Crippen LogP contribution < -0.4 is 5.32 Å². The van der Waals surface area contributed by atoms with Crippen molar-refractivity contribution in [2.24, 2.45) is 5.92 Å². The van der Waals surface area contributed by atoms with Crippen LogP contribution in [0.2, 0.25) is 0 Å². The fourth-order valence-electron chi connectivity index (χ4n) is 2.91. The molecule has 0 saturated heterocycles. The maximum atomic E-state index is 13.2. The normalized spacial score (nSPS) is 11.8. The number of aryl methyl sites for hydroxylation is 1. The van der Waals surface area contributed by atoms with E-state index in [9.17, 15) is 14.0 Å². The molecule has 2 aromatic rings. The van der Waals surface area contributed by atoms with Gasteiger partial charge in [0.25, 0.3) is 0 Å². The number of nitrogens with one attached hydrogen (secondary N) is 1. The number of hydrogen-bond acceptors (Lipinski definition) is 4. The lowest BCUT2D eigenvalue weighted by Gasteiger charge is -2.13. The van der Waals surface area contributed by atoms with Gasteiger partial charge in [-0.1, -0.05) is 30.3 Å². The number of Topliss-reactive ketones (excluding diaryl/α,β-unsaturated/α-hetero) is 2. The number of carbonyl (C=O) groups excluding carboxylic acids is 2. The molecule has 0 unspecified atom stereocenters. The van der Waals surface area contributed by atoms with Gasteiger partial charge in [-0.2, -0.15) is 0 Å². The second kappa shape index (κ2) is 10.6. The summed E-state index contributed by atoms with van der Waals surface area (Å²) < 4.78 is 18.2. The average Bonchev–Trinajstić information content (AvgIpc) is 2.64. The summed E-state index contributed by atoms with van der Waals surface area (Å²) in [6.45, 7) is 2.37. The predicted octanol–water partition coefficient (Wildman–Crippen LogP) is 4.18. The Morgan fingerprint density at radius 3 is 2.44 bits per heavy atom. The zero-order valence-corrected chi connectivity index (χ0v) is 15.8. The van der Waals surface area contributed by atoms with E-state index in [1.165, 1.54) is 26.2 Å². The summed E-state index contributed by atoms with van der Waals surface area (Å²) in [6.07, 6.45) is 1.26. The third-order valence-electron chi connectivity index (χ3n) is 4.36. The van der Waals surface area contributed by atoms with Crippen LogP contribution in [0.3, 0.4) is 0 Å². The number of ketones is 2. The van der Waals surface area contributed by atoms with Crippen LogP contribution in [0.25, 0.3) is 0 Å². The van der Waals surface area contributed by atoms with Crippen LogP contribution >= 0.6 is 0 Å². The Morgan fingerprint density at radius 2 is 1.81 bits per heavy atom. The largest absolute Gasteiger partial charge is 0.384 e. The lowest BCUT2D eigenvalue weighted by molar-refractivity contribution is -0.128. The minimum Gasteiger partial charge on any atom is -0.384 e. The van der Waals surface area contributed by atoms with Crippen molar-refractivity contribution in [2.75, 3.05) is 19.0 Å². The number of halogens is 1. The van der Waals surface area contributed by atoms with Gasteiger partial charge < -0.3 is 14.8 Å². The van der Waals surface area contributed by atoms with Crippen LogP contribution in [-0.4, -0.2) is 25.3 Å². The lowest BCUT2D eigenvalue weighted by Crippen LogP contribution is -2.22. The molecule has 0 saturated carbocycles. The van der Waals surface area contributed by atoms with Gasteiger partial charge in [0.2, 0.25) is 0 Å². The standard InChI is InChI=1S/C22H26FNO3/c1-16(25)12-19(15-27-2)22(26)11-10-17-6-8-18(9-7-17)14-24-21-5-3-4-20(23)13-21/h3-9,13,19,24H,10-12,14-15H2,1-2H3/t19-/m1/s1. The minimum atomic E-state index is -0.359. The van der Waals surface area contributed by atoms with E-state index in [-0.39, 0.29) is 36.3 Å². The highest BCUT2D eigenvalue weighted by Crippen LogP contribution is 2.14. The van der Waals surface area contributed by atoms with Gasteiger partial charge in [-0.3, -0.25) is 4.79 Å². The highest BCUT2D eigenvalue weighted by Gasteiger charge is 2.19. The molecule has 2 aromatic carbocycles. The molecule has 1 N–H and O–H groups in total. The average molecular weight is 371 g/mol. The molecule has 0 fully saturated rings. The lowest BCUT2D eigenvalue weighted by atomic mass is 9.94. The van der Waals surface area contributed by atoms with E-state index in [0.717, 1.165) is 16.8 Å². The molecular formula is C22H26FNO3. The third kappa shape index (κ3) is 7.31. The van der Waals surface area contributed by atoms with Gasteiger partial charge in [-0.15, -0.1) is 0 Å². The Labute approximate surface area is 159 Å². The third-order valence-corrected chi connectivity index (χ3v) is 4.36. The maximum absolute atomic E-state index is 13.2. The number of hydrogen-bond donors (Lipinski definition) is 1. The van der Waals surface area contributed by atoms with Crippen LogP contribution in [0, 0.1) is 11.7 Å². The minimum absolute atomic E-state index is 0.000509. The molecule has 0 aliphatic rings. The Kier molecular flexibility index (Phi) is 8.14. The van der Waals surface area contributed by atoms with Crippen molar-refractivity contribution in [1.29, 1.82) is 0 Å². The van der Waals surface area contributed by atoms with Crippen LogP contribution in [0.1, 0.15) is 30.9 Å². The van der Waals surface area contributed by atoms with Crippen molar-refractivity contribution in [2.45, 2.75) is 32.7 Å². The van der Waals surface area contributed by atoms with Gasteiger partial charge in [0, 0.05) is 38.1 Å². The van der Waals surface area contributed by atoms with Gasteiger partial charge in [0.15, 0.2) is 0 Å². The summed E-state index contributed by atoms with van der Waals surface area (Å²) in [5, 5.41) is 3.18. The number of anilines is 1. The van der Waals surface area contributed by atoms with Crippen molar-refractivity contribution >= 4 is 17.3 Å². The van der Waals surface area contributed by atoms with E-state index in [0.29, 0.717) is 19.4 Å². The molecule has 1 atom stereocenters. The quantitative estimate of drug-likeness (QED) is 0.644. The van der Waals surface area contributed by atoms with Gasteiger partial charge in [0.05, 0.1) is 6.61 Å². The number of benzene rings is 2. The van der Waals surface area contributed by atoms with Crippen LogP contribution in [0.5, 0.6) is 0 Å². The molecule has 0 amide bonds. The first-order valence-corrected chi connectivity index (χ1v) is 9.06. The highest BCUT2D eigenvalue weighted by atomic mass is 19.1. The van der Waals surface area contributed by atoms with E-state index in [1.807, 2.05) is 30.3 Å². The monoisotopic (exact) mass is 371 g/mol. The van der Waals surface area contributed by atoms with Crippen molar-refractivity contribution in [3.05, 3.63) is 65.5 Å². The number of ether oxygens (including phenoxy) is 1. The molecule has 2 rings (SSSR count). The SMILES string of the molecule is COC[C@@H](CC(C)=O)C(=O)CCc1ccc(CNc2cccc(F)c2)cc1. The summed E-state index contributed by atoms with van der Waals surface area (Å²) in [6, 6.07) is 14.3. The molecular weight excluding hydrogens is 345 g/mol. The van der Waals surface area contributed by atoms with Crippen molar-refractivity contribution in [3.8, 4) is 0 Å². The first-order chi connectivity index (χ1) is 13.0. The zero-order chi connectivity index (χ0) is 19.6. The summed E-state index contributed by atoms with van der Waals surface area (Å²) in [4.78, 5) is 23.6. The molecule has 4 nitrogen and oxygen atoms in total. The van der Waals surface area contributed by atoms with Gasteiger partial charge in [-0.05, 0) is 42.7 Å².